The Bertz CT molecular complexity index is 502. The van der Waals surface area contributed by atoms with Gasteiger partial charge in [0.2, 0.25) is 10.0 Å². The Morgan fingerprint density at radius 1 is 1.40 bits per heavy atom. The van der Waals surface area contributed by atoms with Crippen molar-refractivity contribution in [2.45, 2.75) is 44.2 Å². The molecule has 0 amide bonds. The highest BCUT2D eigenvalue weighted by atomic mass is 32.2. The van der Waals surface area contributed by atoms with Gasteiger partial charge in [-0.2, -0.15) is 5.10 Å². The highest BCUT2D eigenvalue weighted by Gasteiger charge is 2.18. The van der Waals surface area contributed by atoms with Gasteiger partial charge in [0.15, 0.2) is 0 Å². The molecule has 0 atom stereocenters. The molecule has 0 saturated carbocycles. The van der Waals surface area contributed by atoms with Crippen molar-refractivity contribution in [2.75, 3.05) is 13.1 Å². The number of alkyl halides is 2. The molecular formula is C11H20F2N4O2S. The lowest BCUT2D eigenvalue weighted by atomic mass is 10.3. The summed E-state index contributed by atoms with van der Waals surface area (Å²) in [5.41, 5.74) is 0. The van der Waals surface area contributed by atoms with Gasteiger partial charge >= 0.3 is 0 Å². The van der Waals surface area contributed by atoms with Crippen molar-refractivity contribution in [3.05, 3.63) is 12.4 Å². The molecule has 0 aliphatic carbocycles. The molecule has 0 spiro atoms. The maximum absolute atomic E-state index is 12.0. The topological polar surface area (TPSA) is 76.0 Å². The number of nitrogens with zero attached hydrogens (tertiary/aromatic N) is 2. The molecule has 0 unspecified atom stereocenters. The van der Waals surface area contributed by atoms with Crippen LogP contribution in [-0.4, -0.2) is 43.8 Å². The van der Waals surface area contributed by atoms with Gasteiger partial charge in [-0.25, -0.2) is 21.9 Å². The molecule has 1 heterocycles. The summed E-state index contributed by atoms with van der Waals surface area (Å²) in [5.74, 6) is 0. The fraction of sp³-hybridized carbons (Fsp3) is 0.727. The Hall–Kier alpha value is -1.06. The predicted molar refractivity (Wildman–Crippen MR) is 71.2 cm³/mol. The van der Waals surface area contributed by atoms with Gasteiger partial charge in [-0.1, -0.05) is 13.8 Å². The Balaban J connectivity index is 2.49. The van der Waals surface area contributed by atoms with E-state index in [2.05, 4.69) is 10.4 Å². The van der Waals surface area contributed by atoms with E-state index in [9.17, 15) is 17.2 Å². The molecular weight excluding hydrogens is 290 g/mol. The molecule has 0 aliphatic heterocycles. The number of hydrogen-bond donors (Lipinski definition) is 2. The van der Waals surface area contributed by atoms with E-state index in [-0.39, 0.29) is 4.90 Å². The summed E-state index contributed by atoms with van der Waals surface area (Å²) in [4.78, 5) is -0.102. The van der Waals surface area contributed by atoms with Crippen LogP contribution >= 0.6 is 0 Å². The van der Waals surface area contributed by atoms with Crippen molar-refractivity contribution in [1.82, 2.24) is 19.8 Å². The van der Waals surface area contributed by atoms with Gasteiger partial charge in [0.25, 0.3) is 6.43 Å². The van der Waals surface area contributed by atoms with Gasteiger partial charge in [-0.15, -0.1) is 0 Å². The second kappa shape index (κ2) is 7.65. The maximum Gasteiger partial charge on any atom is 0.251 e. The molecule has 6 nitrogen and oxygen atoms in total. The van der Waals surface area contributed by atoms with Crippen molar-refractivity contribution in [1.29, 1.82) is 0 Å². The van der Waals surface area contributed by atoms with Crippen LogP contribution < -0.4 is 10.0 Å². The minimum atomic E-state index is -3.91. The number of rotatable bonds is 9. The Morgan fingerprint density at radius 3 is 2.70 bits per heavy atom. The summed E-state index contributed by atoms with van der Waals surface area (Å²) < 4.78 is 50.6. The molecule has 0 aromatic carbocycles. The van der Waals surface area contributed by atoms with Gasteiger partial charge in [-0.05, 0) is 13.0 Å². The third-order valence-corrected chi connectivity index (χ3v) is 3.84. The molecule has 0 bridgehead atoms. The molecule has 1 aromatic rings. The van der Waals surface area contributed by atoms with Gasteiger partial charge < -0.3 is 5.32 Å². The lowest BCUT2D eigenvalue weighted by Crippen LogP contribution is -2.28. The van der Waals surface area contributed by atoms with Crippen molar-refractivity contribution < 1.29 is 17.2 Å². The minimum Gasteiger partial charge on any atom is -0.314 e. The van der Waals surface area contributed by atoms with Crippen LogP contribution in [0.5, 0.6) is 0 Å². The second-order valence-corrected chi connectivity index (χ2v) is 6.41. The van der Waals surface area contributed by atoms with Crippen LogP contribution in [0.3, 0.4) is 0 Å². The molecule has 0 saturated heterocycles. The minimum absolute atomic E-state index is 0.102. The van der Waals surface area contributed by atoms with E-state index in [0.717, 1.165) is 19.2 Å². The van der Waals surface area contributed by atoms with Crippen molar-refractivity contribution in [2.24, 2.45) is 0 Å². The molecule has 9 heteroatoms. The van der Waals surface area contributed by atoms with Crippen LogP contribution in [0.1, 0.15) is 20.3 Å². The summed E-state index contributed by atoms with van der Waals surface area (Å²) in [7, 11) is -3.91. The molecule has 0 radical (unpaired) electrons. The van der Waals surface area contributed by atoms with Crippen LogP contribution in [0.15, 0.2) is 17.3 Å². The standard InChI is InChI=1S/C11H20F2N4O2S/c1-9(2)14-4-3-5-17-8-10(6-15-17)20(18,19)16-7-11(12)13/h6,8-9,11,14,16H,3-5,7H2,1-2H3. The molecule has 0 aliphatic rings. The van der Waals surface area contributed by atoms with Gasteiger partial charge in [0, 0.05) is 18.8 Å². The number of nitrogens with one attached hydrogen (secondary N) is 2. The molecule has 1 aromatic heterocycles. The quantitative estimate of drug-likeness (QED) is 0.662. The number of aromatic nitrogens is 2. The summed E-state index contributed by atoms with van der Waals surface area (Å²) >= 11 is 0. The van der Waals surface area contributed by atoms with Gasteiger partial charge in [-0.3, -0.25) is 4.68 Å². The normalized spacial score (nSPS) is 12.5. The van der Waals surface area contributed by atoms with E-state index in [0.29, 0.717) is 12.6 Å². The number of aryl methyl sites for hydroxylation is 1. The van der Waals surface area contributed by atoms with Crippen LogP contribution in [-0.2, 0) is 16.6 Å². The molecule has 1 rings (SSSR count). The third kappa shape index (κ3) is 5.93. The first kappa shape index (κ1) is 17.0. The number of sulfonamides is 1. The third-order valence-electron chi connectivity index (χ3n) is 2.46. The molecule has 2 N–H and O–H groups in total. The van der Waals surface area contributed by atoms with Crippen molar-refractivity contribution >= 4 is 10.0 Å². The van der Waals surface area contributed by atoms with Crippen molar-refractivity contribution in [3.8, 4) is 0 Å². The zero-order valence-electron chi connectivity index (χ0n) is 11.5. The Labute approximate surface area is 117 Å². The first-order chi connectivity index (χ1) is 9.31. The average molecular weight is 310 g/mol. The predicted octanol–water partition coefficient (Wildman–Crippen LogP) is 0.815. The number of halogens is 2. The maximum atomic E-state index is 12.0. The summed E-state index contributed by atoms with van der Waals surface area (Å²) in [6.07, 6.45) is 0.568. The van der Waals surface area contributed by atoms with Gasteiger partial charge in [0.1, 0.15) is 4.90 Å². The largest absolute Gasteiger partial charge is 0.314 e. The van der Waals surface area contributed by atoms with Crippen LogP contribution in [0.4, 0.5) is 8.78 Å². The molecule has 0 fully saturated rings. The lowest BCUT2D eigenvalue weighted by molar-refractivity contribution is 0.153. The van der Waals surface area contributed by atoms with Crippen molar-refractivity contribution in [3.63, 3.8) is 0 Å². The van der Waals surface area contributed by atoms with E-state index in [1.165, 1.54) is 10.9 Å². The lowest BCUT2D eigenvalue weighted by Gasteiger charge is -2.07. The Morgan fingerprint density at radius 2 is 2.10 bits per heavy atom. The van der Waals surface area contributed by atoms with Crippen LogP contribution in [0.2, 0.25) is 0 Å². The van der Waals surface area contributed by atoms with Crippen LogP contribution in [0, 0.1) is 0 Å². The summed E-state index contributed by atoms with van der Waals surface area (Å²) in [6.45, 7) is 4.53. The van der Waals surface area contributed by atoms with E-state index < -0.39 is 23.0 Å². The van der Waals surface area contributed by atoms with E-state index in [4.69, 9.17) is 0 Å². The number of hydrogen-bond acceptors (Lipinski definition) is 4. The average Bonchev–Trinajstić information content (AvgIpc) is 2.81. The molecule has 116 valence electrons. The first-order valence-corrected chi connectivity index (χ1v) is 7.83. The monoisotopic (exact) mass is 310 g/mol. The highest BCUT2D eigenvalue weighted by Crippen LogP contribution is 2.07. The smallest absolute Gasteiger partial charge is 0.251 e. The Kier molecular flexibility index (Phi) is 6.50. The second-order valence-electron chi connectivity index (χ2n) is 4.64. The fourth-order valence-corrected chi connectivity index (χ4v) is 2.45. The van der Waals surface area contributed by atoms with Crippen LogP contribution in [0.25, 0.3) is 0 Å². The fourth-order valence-electron chi connectivity index (χ4n) is 1.49. The van der Waals surface area contributed by atoms with Gasteiger partial charge in [0.05, 0.1) is 12.7 Å². The highest BCUT2D eigenvalue weighted by molar-refractivity contribution is 7.89. The SMILES string of the molecule is CC(C)NCCCn1cc(S(=O)(=O)NCC(F)F)cn1. The molecule has 20 heavy (non-hydrogen) atoms. The van der Waals surface area contributed by atoms with E-state index in [1.54, 1.807) is 0 Å². The first-order valence-electron chi connectivity index (χ1n) is 6.35. The van der Waals surface area contributed by atoms with E-state index >= 15 is 0 Å². The summed E-state index contributed by atoms with van der Waals surface area (Å²) in [6, 6.07) is 0.391. The zero-order valence-corrected chi connectivity index (χ0v) is 12.3. The zero-order chi connectivity index (χ0) is 15.2. The van der Waals surface area contributed by atoms with E-state index in [1.807, 2.05) is 18.6 Å². The summed E-state index contributed by atoms with van der Waals surface area (Å²) in [5, 5.41) is 7.14.